The molecule has 0 aliphatic heterocycles. The molecular weight excluding hydrogens is 247 g/mol. The van der Waals surface area contributed by atoms with Crippen molar-refractivity contribution in [1.29, 1.82) is 0 Å². The minimum Gasteiger partial charge on any atom is -0.390 e. The van der Waals surface area contributed by atoms with Gasteiger partial charge in [-0.15, -0.1) is 0 Å². The maximum atomic E-state index is 9.86. The fourth-order valence-electron chi connectivity index (χ4n) is 1.69. The van der Waals surface area contributed by atoms with Crippen LogP contribution in [0.4, 0.5) is 0 Å². The zero-order valence-corrected chi connectivity index (χ0v) is 10.8. The van der Waals surface area contributed by atoms with Crippen molar-refractivity contribution in [3.05, 3.63) is 33.8 Å². The van der Waals surface area contributed by atoms with E-state index in [2.05, 4.69) is 0 Å². The van der Waals surface area contributed by atoms with Crippen LogP contribution in [0.3, 0.4) is 0 Å². The van der Waals surface area contributed by atoms with Crippen LogP contribution >= 0.6 is 23.2 Å². The number of nitrogens with zero attached hydrogens (tertiary/aromatic N) is 1. The zero-order valence-electron chi connectivity index (χ0n) is 9.32. The van der Waals surface area contributed by atoms with E-state index in [-0.39, 0.29) is 12.6 Å². The number of hydrogen-bond donors (Lipinski definition) is 2. The summed E-state index contributed by atoms with van der Waals surface area (Å²) in [5.41, 5.74) is 6.38. The van der Waals surface area contributed by atoms with Crippen molar-refractivity contribution in [3.8, 4) is 0 Å². The van der Waals surface area contributed by atoms with E-state index in [4.69, 9.17) is 28.9 Å². The highest BCUT2D eigenvalue weighted by Gasteiger charge is 2.22. The Balaban J connectivity index is 3.06. The van der Waals surface area contributed by atoms with Crippen molar-refractivity contribution < 1.29 is 5.11 Å². The molecule has 3 N–H and O–H groups in total. The fraction of sp³-hybridized carbons (Fsp3) is 0.455. The summed E-state index contributed by atoms with van der Waals surface area (Å²) in [5.74, 6) is 0. The number of aliphatic hydroxyl groups is 1. The van der Waals surface area contributed by atoms with Crippen LogP contribution in [0.15, 0.2) is 18.2 Å². The van der Waals surface area contributed by atoms with E-state index in [1.165, 1.54) is 0 Å². The number of likely N-dealkylation sites (N-methyl/N-ethyl adjacent to an activating group) is 1. The van der Waals surface area contributed by atoms with Crippen LogP contribution in [-0.4, -0.2) is 36.8 Å². The van der Waals surface area contributed by atoms with Gasteiger partial charge in [-0.3, -0.25) is 0 Å². The van der Waals surface area contributed by atoms with Crippen LogP contribution in [0, 0.1) is 0 Å². The first kappa shape index (κ1) is 13.7. The van der Waals surface area contributed by atoms with Gasteiger partial charge >= 0.3 is 0 Å². The van der Waals surface area contributed by atoms with Gasteiger partial charge in [0.15, 0.2) is 0 Å². The topological polar surface area (TPSA) is 49.5 Å². The van der Waals surface area contributed by atoms with Crippen LogP contribution in [0.1, 0.15) is 11.6 Å². The first-order valence-corrected chi connectivity index (χ1v) is 5.72. The SMILES string of the molecule is CN(C)C(c1ccc(Cl)c(Cl)c1)C(O)CN. The van der Waals surface area contributed by atoms with Gasteiger partial charge in [-0.25, -0.2) is 0 Å². The van der Waals surface area contributed by atoms with Gasteiger partial charge in [0.05, 0.1) is 22.2 Å². The van der Waals surface area contributed by atoms with Crippen molar-refractivity contribution >= 4 is 23.2 Å². The Labute approximate surface area is 106 Å². The number of benzene rings is 1. The van der Waals surface area contributed by atoms with Crippen molar-refractivity contribution in [2.75, 3.05) is 20.6 Å². The molecule has 0 aromatic heterocycles. The van der Waals surface area contributed by atoms with Crippen LogP contribution in [0.2, 0.25) is 10.0 Å². The summed E-state index contributed by atoms with van der Waals surface area (Å²) in [6.45, 7) is 0.198. The van der Waals surface area contributed by atoms with Gasteiger partial charge < -0.3 is 15.7 Å². The normalized spacial score (nSPS) is 15.2. The summed E-state index contributed by atoms with van der Waals surface area (Å²) in [6, 6.07) is 5.14. The van der Waals surface area contributed by atoms with Gasteiger partial charge in [-0.2, -0.15) is 0 Å². The molecule has 1 aromatic carbocycles. The Hall–Kier alpha value is -0.320. The van der Waals surface area contributed by atoms with Gasteiger partial charge in [0.1, 0.15) is 0 Å². The maximum Gasteiger partial charge on any atom is 0.0858 e. The van der Waals surface area contributed by atoms with Crippen molar-refractivity contribution in [2.24, 2.45) is 5.73 Å². The first-order valence-electron chi connectivity index (χ1n) is 4.97. The van der Waals surface area contributed by atoms with E-state index >= 15 is 0 Å². The van der Waals surface area contributed by atoms with Gasteiger partial charge in [0.25, 0.3) is 0 Å². The summed E-state index contributed by atoms with van der Waals surface area (Å²) in [7, 11) is 3.76. The number of hydrogen-bond acceptors (Lipinski definition) is 3. The maximum absolute atomic E-state index is 9.86. The molecule has 1 rings (SSSR count). The highest BCUT2D eigenvalue weighted by atomic mass is 35.5. The molecular formula is C11H16Cl2N2O. The molecule has 0 saturated heterocycles. The van der Waals surface area contributed by atoms with Crippen LogP contribution in [-0.2, 0) is 0 Å². The van der Waals surface area contributed by atoms with Gasteiger partial charge in [-0.1, -0.05) is 29.3 Å². The zero-order chi connectivity index (χ0) is 12.3. The molecule has 5 heteroatoms. The molecule has 0 saturated carbocycles. The monoisotopic (exact) mass is 262 g/mol. The van der Waals surface area contributed by atoms with Gasteiger partial charge in [0.2, 0.25) is 0 Å². The second-order valence-electron chi connectivity index (χ2n) is 3.89. The third-order valence-corrected chi connectivity index (χ3v) is 3.19. The minimum atomic E-state index is -0.632. The Morgan fingerprint density at radius 3 is 2.38 bits per heavy atom. The summed E-state index contributed by atoms with van der Waals surface area (Å²) < 4.78 is 0. The first-order chi connectivity index (χ1) is 7.47. The number of halogens is 2. The van der Waals surface area contributed by atoms with Crippen LogP contribution < -0.4 is 5.73 Å². The van der Waals surface area contributed by atoms with Crippen molar-refractivity contribution in [1.82, 2.24) is 4.90 Å². The molecule has 1 aromatic rings. The molecule has 0 fully saturated rings. The highest BCUT2D eigenvalue weighted by Crippen LogP contribution is 2.28. The van der Waals surface area contributed by atoms with E-state index in [0.717, 1.165) is 5.56 Å². The lowest BCUT2D eigenvalue weighted by Gasteiger charge is -2.29. The second-order valence-corrected chi connectivity index (χ2v) is 4.70. The molecule has 0 bridgehead atoms. The summed E-state index contributed by atoms with van der Waals surface area (Å²) in [5, 5.41) is 10.8. The van der Waals surface area contributed by atoms with Crippen LogP contribution in [0.5, 0.6) is 0 Å². The average molecular weight is 263 g/mol. The van der Waals surface area contributed by atoms with E-state index in [9.17, 15) is 5.11 Å². The highest BCUT2D eigenvalue weighted by molar-refractivity contribution is 6.42. The Morgan fingerprint density at radius 2 is 1.94 bits per heavy atom. The predicted octanol–water partition coefficient (Wildman–Crippen LogP) is 1.92. The van der Waals surface area contributed by atoms with Gasteiger partial charge in [-0.05, 0) is 31.8 Å². The Bertz CT molecular complexity index is 358. The van der Waals surface area contributed by atoms with E-state index in [0.29, 0.717) is 10.0 Å². The second kappa shape index (κ2) is 5.84. The molecule has 0 spiro atoms. The van der Waals surface area contributed by atoms with E-state index in [1.54, 1.807) is 12.1 Å². The smallest absolute Gasteiger partial charge is 0.0858 e. The number of nitrogens with two attached hydrogens (primary N) is 1. The molecule has 3 nitrogen and oxygen atoms in total. The lowest BCUT2D eigenvalue weighted by molar-refractivity contribution is 0.0823. The van der Waals surface area contributed by atoms with Crippen molar-refractivity contribution in [3.63, 3.8) is 0 Å². The molecule has 2 atom stereocenters. The molecule has 0 radical (unpaired) electrons. The molecule has 2 unspecified atom stereocenters. The summed E-state index contributed by atoms with van der Waals surface area (Å²) >= 11 is 11.8. The third-order valence-electron chi connectivity index (χ3n) is 2.45. The van der Waals surface area contributed by atoms with E-state index < -0.39 is 6.10 Å². The lowest BCUT2D eigenvalue weighted by atomic mass is 10.0. The largest absolute Gasteiger partial charge is 0.390 e. The standard InChI is InChI=1S/C11H16Cl2N2O/c1-15(2)11(10(16)6-14)7-3-4-8(12)9(13)5-7/h3-5,10-11,16H,6,14H2,1-2H3. The molecule has 0 amide bonds. The molecule has 0 aliphatic rings. The lowest BCUT2D eigenvalue weighted by Crippen LogP contribution is -2.36. The fourth-order valence-corrected chi connectivity index (χ4v) is 2.00. The molecule has 0 heterocycles. The quantitative estimate of drug-likeness (QED) is 0.872. The average Bonchev–Trinajstić information content (AvgIpc) is 2.22. The third kappa shape index (κ3) is 3.09. The summed E-state index contributed by atoms with van der Waals surface area (Å²) in [6.07, 6.45) is -0.632. The summed E-state index contributed by atoms with van der Waals surface area (Å²) in [4.78, 5) is 1.90. The van der Waals surface area contributed by atoms with Crippen molar-refractivity contribution in [2.45, 2.75) is 12.1 Å². The molecule has 0 aliphatic carbocycles. The number of aliphatic hydroxyl groups excluding tert-OH is 1. The molecule has 16 heavy (non-hydrogen) atoms. The van der Waals surface area contributed by atoms with E-state index in [1.807, 2.05) is 25.1 Å². The predicted molar refractivity (Wildman–Crippen MR) is 68.0 cm³/mol. The van der Waals surface area contributed by atoms with Crippen LogP contribution in [0.25, 0.3) is 0 Å². The molecule has 90 valence electrons. The Kier molecular flexibility index (Phi) is 5.02. The van der Waals surface area contributed by atoms with Gasteiger partial charge in [0, 0.05) is 6.54 Å². The Morgan fingerprint density at radius 1 is 1.31 bits per heavy atom. The minimum absolute atomic E-state index is 0.181. The number of rotatable bonds is 4.